The summed E-state index contributed by atoms with van der Waals surface area (Å²) in [6.45, 7) is 1.03. The topological polar surface area (TPSA) is 65.1 Å². The normalized spacial score (nSPS) is 26.2. The fourth-order valence-electron chi connectivity index (χ4n) is 4.66. The quantitative estimate of drug-likeness (QED) is 0.480. The first-order valence-electron chi connectivity index (χ1n) is 11.5. The van der Waals surface area contributed by atoms with Crippen molar-refractivity contribution in [3.63, 3.8) is 0 Å². The molecule has 2 atom stereocenters. The molecule has 1 aromatic carbocycles. The second-order valence-corrected chi connectivity index (χ2v) is 8.75. The lowest BCUT2D eigenvalue weighted by atomic mass is 9.91. The highest BCUT2D eigenvalue weighted by molar-refractivity contribution is 6.00. The van der Waals surface area contributed by atoms with Crippen molar-refractivity contribution in [2.45, 2.75) is 95.5 Å². The molecular weight excluding hydrogens is 382 g/mol. The molecule has 3 fully saturated rings. The molecule has 4 rings (SSSR count). The van der Waals surface area contributed by atoms with Gasteiger partial charge in [-0.1, -0.05) is 49.9 Å². The van der Waals surface area contributed by atoms with Gasteiger partial charge in [0, 0.05) is 19.3 Å². The first-order chi connectivity index (χ1) is 14.7. The van der Waals surface area contributed by atoms with E-state index in [1.54, 1.807) is 0 Å². The number of hydrogen-bond donors (Lipinski definition) is 0. The van der Waals surface area contributed by atoms with Crippen LogP contribution in [-0.4, -0.2) is 35.9 Å². The van der Waals surface area contributed by atoms with Crippen LogP contribution in [-0.2, 0) is 30.5 Å². The number of hydrogen-bond acceptors (Lipinski definition) is 5. The van der Waals surface area contributed by atoms with Crippen molar-refractivity contribution in [3.05, 3.63) is 35.4 Å². The fourth-order valence-corrected chi connectivity index (χ4v) is 4.66. The van der Waals surface area contributed by atoms with E-state index in [-0.39, 0.29) is 30.8 Å². The molecule has 2 aliphatic heterocycles. The van der Waals surface area contributed by atoms with Gasteiger partial charge in [-0.15, -0.1) is 0 Å². The Hall–Kier alpha value is -1.76. The van der Waals surface area contributed by atoms with E-state index in [0.29, 0.717) is 25.6 Å². The minimum absolute atomic E-state index is 0.0816. The van der Waals surface area contributed by atoms with Gasteiger partial charge in [0.1, 0.15) is 0 Å². The number of carbonyl (C=O) groups excluding carboxylic acids is 2. The van der Waals surface area contributed by atoms with Crippen LogP contribution in [0, 0.1) is 0 Å². The van der Waals surface area contributed by atoms with Crippen LogP contribution in [0.25, 0.3) is 0 Å². The molecule has 1 saturated carbocycles. The van der Waals surface area contributed by atoms with Crippen molar-refractivity contribution in [2.24, 2.45) is 0 Å². The summed E-state index contributed by atoms with van der Waals surface area (Å²) >= 11 is 0. The summed E-state index contributed by atoms with van der Waals surface area (Å²) in [6.07, 6.45) is 10.4. The molecule has 0 spiro atoms. The third-order valence-corrected chi connectivity index (χ3v) is 6.42. The zero-order chi connectivity index (χ0) is 20.8. The summed E-state index contributed by atoms with van der Waals surface area (Å²) in [5.74, 6) is 0.146. The van der Waals surface area contributed by atoms with Crippen LogP contribution in [0.2, 0.25) is 0 Å². The average Bonchev–Trinajstić information content (AvgIpc) is 2.96. The van der Waals surface area contributed by atoms with Gasteiger partial charge in [-0.25, -0.2) is 4.84 Å². The van der Waals surface area contributed by atoms with Gasteiger partial charge in [0.2, 0.25) is 0 Å². The minimum Gasteiger partial charge on any atom is -0.374 e. The van der Waals surface area contributed by atoms with Crippen LogP contribution >= 0.6 is 0 Å². The molecule has 3 aliphatic rings. The van der Waals surface area contributed by atoms with Gasteiger partial charge in [-0.2, -0.15) is 5.06 Å². The molecule has 1 aromatic rings. The molecule has 30 heavy (non-hydrogen) atoms. The summed E-state index contributed by atoms with van der Waals surface area (Å²) in [4.78, 5) is 28.9. The molecule has 0 radical (unpaired) electrons. The summed E-state index contributed by atoms with van der Waals surface area (Å²) in [5, 5.41) is 0.879. The Bertz CT molecular complexity index is 695. The first-order valence-corrected chi connectivity index (χ1v) is 11.5. The van der Waals surface area contributed by atoms with Crippen molar-refractivity contribution >= 4 is 11.8 Å². The minimum atomic E-state index is -0.558. The lowest BCUT2D eigenvalue weighted by Crippen LogP contribution is -2.40. The van der Waals surface area contributed by atoms with Gasteiger partial charge in [0.25, 0.3) is 11.8 Å². The number of ether oxygens (including phenoxy) is 2. The maximum absolute atomic E-state index is 11.7. The molecule has 2 unspecified atom stereocenters. The largest absolute Gasteiger partial charge is 0.374 e. The summed E-state index contributed by atoms with van der Waals surface area (Å²) in [5.41, 5.74) is 2.63. The number of carbonyl (C=O) groups is 2. The van der Waals surface area contributed by atoms with Crippen molar-refractivity contribution < 1.29 is 23.9 Å². The van der Waals surface area contributed by atoms with Crippen molar-refractivity contribution in [3.8, 4) is 0 Å². The predicted molar refractivity (Wildman–Crippen MR) is 111 cm³/mol. The Kier molecular flexibility index (Phi) is 7.52. The monoisotopic (exact) mass is 415 g/mol. The Balaban J connectivity index is 1.20. The first kappa shape index (κ1) is 21.5. The van der Waals surface area contributed by atoms with Crippen molar-refractivity contribution in [1.29, 1.82) is 0 Å². The molecule has 2 saturated heterocycles. The third-order valence-electron chi connectivity index (χ3n) is 6.42. The molecule has 0 bridgehead atoms. The van der Waals surface area contributed by atoms with Gasteiger partial charge in [-0.05, 0) is 42.7 Å². The summed E-state index contributed by atoms with van der Waals surface area (Å²) < 4.78 is 11.8. The molecule has 2 amide bonds. The Labute approximate surface area is 178 Å². The van der Waals surface area contributed by atoms with Gasteiger partial charge in [0.15, 0.2) is 6.29 Å². The highest BCUT2D eigenvalue weighted by Crippen LogP contribution is 2.31. The second kappa shape index (κ2) is 10.5. The maximum atomic E-state index is 11.7. The molecule has 6 nitrogen and oxygen atoms in total. The number of imide groups is 1. The zero-order valence-electron chi connectivity index (χ0n) is 17.7. The SMILES string of the molecule is O=C1CCC(=O)N1OC1CCCC(COCc2ccc(C3CCCCCC3)cc2)O1. The molecule has 2 heterocycles. The van der Waals surface area contributed by atoms with Crippen LogP contribution in [0.5, 0.6) is 0 Å². The highest BCUT2D eigenvalue weighted by Gasteiger charge is 2.34. The molecule has 1 aliphatic carbocycles. The Morgan fingerprint density at radius 1 is 0.867 bits per heavy atom. The molecule has 0 aromatic heterocycles. The van der Waals surface area contributed by atoms with Gasteiger partial charge in [-0.3, -0.25) is 9.59 Å². The van der Waals surface area contributed by atoms with E-state index in [1.807, 2.05) is 0 Å². The third kappa shape index (κ3) is 5.68. The summed E-state index contributed by atoms with van der Waals surface area (Å²) in [7, 11) is 0. The average molecular weight is 416 g/mol. The number of hydroxylamine groups is 2. The van der Waals surface area contributed by atoms with Crippen LogP contribution in [0.15, 0.2) is 24.3 Å². The van der Waals surface area contributed by atoms with Gasteiger partial charge >= 0.3 is 0 Å². The lowest BCUT2D eigenvalue weighted by molar-refractivity contribution is -0.285. The Morgan fingerprint density at radius 3 is 2.27 bits per heavy atom. The summed E-state index contributed by atoms with van der Waals surface area (Å²) in [6, 6.07) is 8.89. The van der Waals surface area contributed by atoms with E-state index in [1.165, 1.54) is 49.7 Å². The molecule has 164 valence electrons. The Morgan fingerprint density at radius 2 is 1.57 bits per heavy atom. The van der Waals surface area contributed by atoms with E-state index >= 15 is 0 Å². The van der Waals surface area contributed by atoms with E-state index in [4.69, 9.17) is 14.3 Å². The molecular formula is C24H33NO5. The van der Waals surface area contributed by atoms with E-state index < -0.39 is 6.29 Å². The number of rotatable bonds is 7. The van der Waals surface area contributed by atoms with Crippen molar-refractivity contribution in [2.75, 3.05) is 6.61 Å². The molecule has 6 heteroatoms. The van der Waals surface area contributed by atoms with Gasteiger partial charge in [0.05, 0.1) is 19.3 Å². The maximum Gasteiger partial charge on any atom is 0.254 e. The van der Waals surface area contributed by atoms with Crippen LogP contribution < -0.4 is 0 Å². The molecule has 0 N–H and O–H groups in total. The number of benzene rings is 1. The van der Waals surface area contributed by atoms with Gasteiger partial charge < -0.3 is 9.47 Å². The lowest BCUT2D eigenvalue weighted by Gasteiger charge is -2.31. The predicted octanol–water partition coefficient (Wildman–Crippen LogP) is 4.62. The standard InChI is InChI=1S/C24H33NO5/c26-22-14-15-23(27)25(22)30-24-9-5-8-21(29-24)17-28-16-18-10-12-20(13-11-18)19-6-3-1-2-4-7-19/h10-13,19,21,24H,1-9,14-17H2. The van der Waals surface area contributed by atoms with Crippen molar-refractivity contribution in [1.82, 2.24) is 5.06 Å². The van der Waals surface area contributed by atoms with E-state index in [0.717, 1.165) is 17.9 Å². The fraction of sp³-hybridized carbons (Fsp3) is 0.667. The van der Waals surface area contributed by atoms with Crippen LogP contribution in [0.4, 0.5) is 0 Å². The highest BCUT2D eigenvalue weighted by atomic mass is 16.8. The van der Waals surface area contributed by atoms with Crippen LogP contribution in [0.1, 0.15) is 87.7 Å². The van der Waals surface area contributed by atoms with E-state index in [9.17, 15) is 9.59 Å². The van der Waals surface area contributed by atoms with E-state index in [2.05, 4.69) is 24.3 Å². The smallest absolute Gasteiger partial charge is 0.254 e. The number of amides is 2. The zero-order valence-corrected chi connectivity index (χ0v) is 17.7. The van der Waals surface area contributed by atoms with Crippen LogP contribution in [0.3, 0.4) is 0 Å². The second-order valence-electron chi connectivity index (χ2n) is 8.75. The number of nitrogens with zero attached hydrogens (tertiary/aromatic N) is 1.